The zero-order valence-corrected chi connectivity index (χ0v) is 13.8. The first-order valence-corrected chi connectivity index (χ1v) is 9.06. The van der Waals surface area contributed by atoms with E-state index in [1.165, 1.54) is 70.0 Å². The Labute approximate surface area is 129 Å². The molecule has 1 aliphatic heterocycles. The SMILES string of the molecule is CCC(C)c1cnn(C2CCN(C3CCCCC3)CC2)c1. The largest absolute Gasteiger partial charge is 0.300 e. The van der Waals surface area contributed by atoms with Crippen molar-refractivity contribution in [3.05, 3.63) is 18.0 Å². The summed E-state index contributed by atoms with van der Waals surface area (Å²) in [4.78, 5) is 2.76. The summed E-state index contributed by atoms with van der Waals surface area (Å²) in [7, 11) is 0. The van der Waals surface area contributed by atoms with Crippen LogP contribution in [0.15, 0.2) is 12.4 Å². The van der Waals surface area contributed by atoms with Crippen LogP contribution in [-0.4, -0.2) is 33.8 Å². The third-order valence-electron chi connectivity index (χ3n) is 5.77. The Kier molecular flexibility index (Phi) is 4.99. The maximum atomic E-state index is 4.64. The lowest BCUT2D eigenvalue weighted by Crippen LogP contribution is -2.42. The minimum Gasteiger partial charge on any atom is -0.300 e. The minimum absolute atomic E-state index is 0.627. The van der Waals surface area contributed by atoms with E-state index < -0.39 is 0 Å². The Bertz CT molecular complexity index is 425. The van der Waals surface area contributed by atoms with E-state index in [1.54, 1.807) is 0 Å². The van der Waals surface area contributed by atoms with Gasteiger partial charge >= 0.3 is 0 Å². The molecule has 0 radical (unpaired) electrons. The lowest BCUT2D eigenvalue weighted by molar-refractivity contribution is 0.106. The number of nitrogens with zero attached hydrogens (tertiary/aromatic N) is 3. The van der Waals surface area contributed by atoms with Crippen molar-refractivity contribution < 1.29 is 0 Å². The lowest BCUT2D eigenvalue weighted by atomic mass is 9.92. The zero-order valence-electron chi connectivity index (χ0n) is 13.8. The van der Waals surface area contributed by atoms with Crippen molar-refractivity contribution in [2.45, 2.75) is 83.2 Å². The summed E-state index contributed by atoms with van der Waals surface area (Å²) in [5.74, 6) is 0.640. The molecule has 1 saturated heterocycles. The third kappa shape index (κ3) is 3.50. The summed E-state index contributed by atoms with van der Waals surface area (Å²) in [5, 5.41) is 4.64. The summed E-state index contributed by atoms with van der Waals surface area (Å²) in [6.45, 7) is 7.10. The van der Waals surface area contributed by atoms with Gasteiger partial charge in [-0.15, -0.1) is 0 Å². The standard InChI is InChI=1S/C18H31N3/c1-3-15(2)16-13-19-21(14-16)18-9-11-20(12-10-18)17-7-5-4-6-8-17/h13-15,17-18H,3-12H2,1-2H3. The van der Waals surface area contributed by atoms with Crippen molar-refractivity contribution in [1.82, 2.24) is 14.7 Å². The summed E-state index contributed by atoms with van der Waals surface area (Å²) in [5.41, 5.74) is 1.41. The molecule has 0 amide bonds. The van der Waals surface area contributed by atoms with Gasteiger partial charge in [-0.2, -0.15) is 5.10 Å². The molecule has 3 heteroatoms. The molecule has 1 unspecified atom stereocenters. The molecular weight excluding hydrogens is 258 g/mol. The Balaban J connectivity index is 1.54. The number of rotatable bonds is 4. The van der Waals surface area contributed by atoms with Crippen molar-refractivity contribution in [2.75, 3.05) is 13.1 Å². The van der Waals surface area contributed by atoms with Crippen molar-refractivity contribution in [3.8, 4) is 0 Å². The van der Waals surface area contributed by atoms with Crippen LogP contribution < -0.4 is 0 Å². The highest BCUT2D eigenvalue weighted by Crippen LogP contribution is 2.29. The molecule has 3 rings (SSSR count). The van der Waals surface area contributed by atoms with E-state index in [9.17, 15) is 0 Å². The Morgan fingerprint density at radius 2 is 1.81 bits per heavy atom. The normalized spacial score (nSPS) is 24.3. The average Bonchev–Trinajstić information content (AvgIpc) is 3.05. The molecule has 2 aliphatic rings. The molecule has 0 aromatic carbocycles. The quantitative estimate of drug-likeness (QED) is 0.821. The van der Waals surface area contributed by atoms with Gasteiger partial charge in [-0.25, -0.2) is 0 Å². The molecule has 0 bridgehead atoms. The van der Waals surface area contributed by atoms with Gasteiger partial charge in [0.25, 0.3) is 0 Å². The fraction of sp³-hybridized carbons (Fsp3) is 0.833. The van der Waals surface area contributed by atoms with Crippen LogP contribution in [0.5, 0.6) is 0 Å². The van der Waals surface area contributed by atoms with E-state index in [0.29, 0.717) is 12.0 Å². The second-order valence-corrected chi connectivity index (χ2v) is 7.12. The van der Waals surface area contributed by atoms with Gasteiger partial charge in [0.15, 0.2) is 0 Å². The highest BCUT2D eigenvalue weighted by atomic mass is 15.3. The zero-order chi connectivity index (χ0) is 14.7. The lowest BCUT2D eigenvalue weighted by Gasteiger charge is -2.39. The fourth-order valence-corrected chi connectivity index (χ4v) is 4.00. The van der Waals surface area contributed by atoms with Crippen LogP contribution in [0.25, 0.3) is 0 Å². The number of likely N-dealkylation sites (tertiary alicyclic amines) is 1. The second-order valence-electron chi connectivity index (χ2n) is 7.12. The van der Waals surface area contributed by atoms with Crippen LogP contribution in [0.3, 0.4) is 0 Å². The molecule has 1 atom stereocenters. The van der Waals surface area contributed by atoms with E-state index in [-0.39, 0.29) is 0 Å². The van der Waals surface area contributed by atoms with Gasteiger partial charge in [0, 0.05) is 25.3 Å². The Hall–Kier alpha value is -0.830. The topological polar surface area (TPSA) is 21.1 Å². The molecular formula is C18H31N3. The van der Waals surface area contributed by atoms with Gasteiger partial charge in [0.05, 0.1) is 12.2 Å². The van der Waals surface area contributed by atoms with Crippen molar-refractivity contribution in [2.24, 2.45) is 0 Å². The van der Waals surface area contributed by atoms with Gasteiger partial charge in [-0.1, -0.05) is 33.1 Å². The molecule has 0 spiro atoms. The Morgan fingerprint density at radius 3 is 2.48 bits per heavy atom. The number of hydrogen-bond acceptors (Lipinski definition) is 2. The number of hydrogen-bond donors (Lipinski definition) is 0. The maximum absolute atomic E-state index is 4.64. The molecule has 2 heterocycles. The predicted molar refractivity (Wildman–Crippen MR) is 87.7 cm³/mol. The van der Waals surface area contributed by atoms with Crippen molar-refractivity contribution in [1.29, 1.82) is 0 Å². The molecule has 1 saturated carbocycles. The van der Waals surface area contributed by atoms with Crippen LogP contribution in [0.1, 0.15) is 82.7 Å². The summed E-state index contributed by atoms with van der Waals surface area (Å²) < 4.78 is 2.25. The molecule has 2 fully saturated rings. The highest BCUT2D eigenvalue weighted by Gasteiger charge is 2.27. The van der Waals surface area contributed by atoms with E-state index in [0.717, 1.165) is 6.04 Å². The van der Waals surface area contributed by atoms with E-state index in [1.807, 2.05) is 0 Å². The van der Waals surface area contributed by atoms with Gasteiger partial charge in [0.1, 0.15) is 0 Å². The fourth-order valence-electron chi connectivity index (χ4n) is 4.00. The second kappa shape index (κ2) is 6.95. The van der Waals surface area contributed by atoms with Gasteiger partial charge in [-0.05, 0) is 43.6 Å². The number of aromatic nitrogens is 2. The van der Waals surface area contributed by atoms with E-state index >= 15 is 0 Å². The van der Waals surface area contributed by atoms with E-state index in [2.05, 4.69) is 40.9 Å². The first kappa shape index (κ1) is 15.1. The van der Waals surface area contributed by atoms with Crippen molar-refractivity contribution in [3.63, 3.8) is 0 Å². The van der Waals surface area contributed by atoms with Crippen LogP contribution >= 0.6 is 0 Å². The highest BCUT2D eigenvalue weighted by molar-refractivity contribution is 5.10. The van der Waals surface area contributed by atoms with Crippen LogP contribution in [0.2, 0.25) is 0 Å². The third-order valence-corrected chi connectivity index (χ3v) is 5.77. The minimum atomic E-state index is 0.627. The van der Waals surface area contributed by atoms with Crippen molar-refractivity contribution >= 4 is 0 Å². The number of piperidine rings is 1. The predicted octanol–water partition coefficient (Wildman–Crippen LogP) is 4.37. The first-order valence-electron chi connectivity index (χ1n) is 9.06. The first-order chi connectivity index (χ1) is 10.3. The average molecular weight is 289 g/mol. The molecule has 0 N–H and O–H groups in total. The smallest absolute Gasteiger partial charge is 0.0543 e. The van der Waals surface area contributed by atoms with Crippen LogP contribution in [0, 0.1) is 0 Å². The molecule has 1 aliphatic carbocycles. The summed E-state index contributed by atoms with van der Waals surface area (Å²) in [6, 6.07) is 1.51. The van der Waals surface area contributed by atoms with Gasteiger partial charge < -0.3 is 4.90 Å². The van der Waals surface area contributed by atoms with Gasteiger partial charge in [0.2, 0.25) is 0 Å². The molecule has 1 aromatic rings. The summed E-state index contributed by atoms with van der Waals surface area (Å²) in [6.07, 6.45) is 15.4. The molecule has 3 nitrogen and oxygen atoms in total. The molecule has 1 aromatic heterocycles. The van der Waals surface area contributed by atoms with Crippen LogP contribution in [0.4, 0.5) is 0 Å². The monoisotopic (exact) mass is 289 g/mol. The van der Waals surface area contributed by atoms with Crippen LogP contribution in [-0.2, 0) is 0 Å². The maximum Gasteiger partial charge on any atom is 0.0543 e. The molecule has 21 heavy (non-hydrogen) atoms. The van der Waals surface area contributed by atoms with E-state index in [4.69, 9.17) is 0 Å². The molecule has 118 valence electrons. The Morgan fingerprint density at radius 1 is 1.10 bits per heavy atom. The van der Waals surface area contributed by atoms with Gasteiger partial charge in [-0.3, -0.25) is 4.68 Å². The summed E-state index contributed by atoms with van der Waals surface area (Å²) >= 11 is 0.